The summed E-state index contributed by atoms with van der Waals surface area (Å²) in [5.41, 5.74) is 1.35. The monoisotopic (exact) mass is 449 g/mol. The molecule has 4 heterocycles. The number of β-amino-alcohol motifs (C(OH)–C–C–N with tert-alkyl or cyclic N) is 1. The van der Waals surface area contributed by atoms with Crippen LogP contribution in [0.1, 0.15) is 24.8 Å². The molecule has 0 spiro atoms. The first-order valence-corrected chi connectivity index (χ1v) is 12.3. The lowest BCUT2D eigenvalue weighted by molar-refractivity contribution is -0.137. The first-order valence-electron chi connectivity index (χ1n) is 12.3. The van der Waals surface area contributed by atoms with Gasteiger partial charge in [-0.1, -0.05) is 36.4 Å². The lowest BCUT2D eigenvalue weighted by Gasteiger charge is -2.41. The molecule has 7 heteroatoms. The van der Waals surface area contributed by atoms with Crippen molar-refractivity contribution in [3.8, 4) is 0 Å². The van der Waals surface area contributed by atoms with Crippen molar-refractivity contribution in [3.05, 3.63) is 60.3 Å². The molecule has 0 radical (unpaired) electrons. The zero-order chi connectivity index (χ0) is 22.6. The van der Waals surface area contributed by atoms with Crippen LogP contribution >= 0.6 is 0 Å². The van der Waals surface area contributed by atoms with Crippen molar-refractivity contribution in [2.45, 2.75) is 44.0 Å². The average molecular weight is 450 g/mol. The fourth-order valence-corrected chi connectivity index (χ4v) is 5.64. The van der Waals surface area contributed by atoms with E-state index in [4.69, 9.17) is 0 Å². The quantitative estimate of drug-likeness (QED) is 0.752. The maximum absolute atomic E-state index is 13.5. The first-order chi connectivity index (χ1) is 16.2. The summed E-state index contributed by atoms with van der Waals surface area (Å²) in [6.07, 6.45) is 4.07. The highest BCUT2D eigenvalue weighted by Crippen LogP contribution is 2.28. The van der Waals surface area contributed by atoms with Crippen molar-refractivity contribution in [1.82, 2.24) is 19.7 Å². The van der Waals surface area contributed by atoms with E-state index in [1.165, 1.54) is 5.56 Å². The second-order valence-corrected chi connectivity index (χ2v) is 9.60. The van der Waals surface area contributed by atoms with Crippen molar-refractivity contribution < 1.29 is 9.90 Å². The number of pyridine rings is 1. The standard InChI is InChI=1S/C26H35N5O2/c32-23-18-24(26(33)30-16-14-29(15-17-30)25-8-4-5-11-27-25)31(20-23)22-9-12-28(13-10-22)19-21-6-2-1-3-7-21/h1-8,11,22-24,32H,9-10,12-20H2/t23-,24+/m1/s1. The molecule has 0 unspecified atom stereocenters. The van der Waals surface area contributed by atoms with E-state index >= 15 is 0 Å². The predicted molar refractivity (Wildman–Crippen MR) is 129 cm³/mol. The summed E-state index contributed by atoms with van der Waals surface area (Å²) in [6, 6.07) is 16.8. The van der Waals surface area contributed by atoms with Crippen molar-refractivity contribution in [1.29, 1.82) is 0 Å². The third kappa shape index (κ3) is 5.21. The Hall–Kier alpha value is -2.48. The van der Waals surface area contributed by atoms with E-state index in [2.05, 4.69) is 50.0 Å². The molecule has 1 aromatic carbocycles. The summed E-state index contributed by atoms with van der Waals surface area (Å²) in [6.45, 7) is 6.71. The Labute approximate surface area is 196 Å². The summed E-state index contributed by atoms with van der Waals surface area (Å²) in [7, 11) is 0. The van der Waals surface area contributed by atoms with E-state index in [0.717, 1.165) is 51.4 Å². The first kappa shape index (κ1) is 22.3. The summed E-state index contributed by atoms with van der Waals surface area (Å²) in [5.74, 6) is 1.17. The maximum Gasteiger partial charge on any atom is 0.240 e. The Morgan fingerprint density at radius 3 is 2.36 bits per heavy atom. The second kappa shape index (κ2) is 10.2. The highest BCUT2D eigenvalue weighted by molar-refractivity contribution is 5.82. The zero-order valence-electron chi connectivity index (χ0n) is 19.3. The summed E-state index contributed by atoms with van der Waals surface area (Å²) < 4.78 is 0. The van der Waals surface area contributed by atoms with E-state index in [0.29, 0.717) is 32.1 Å². The van der Waals surface area contributed by atoms with E-state index in [1.54, 1.807) is 0 Å². The van der Waals surface area contributed by atoms with Gasteiger partial charge < -0.3 is 14.9 Å². The summed E-state index contributed by atoms with van der Waals surface area (Å²) in [5, 5.41) is 10.4. The number of aromatic nitrogens is 1. The van der Waals surface area contributed by atoms with Gasteiger partial charge in [0.25, 0.3) is 0 Å². The van der Waals surface area contributed by atoms with E-state index in [-0.39, 0.29) is 11.9 Å². The molecule has 3 saturated heterocycles. The molecule has 7 nitrogen and oxygen atoms in total. The number of aliphatic hydroxyl groups excluding tert-OH is 1. The molecular formula is C26H35N5O2. The van der Waals surface area contributed by atoms with Gasteiger partial charge in [-0.15, -0.1) is 0 Å². The molecule has 3 aliphatic heterocycles. The molecule has 0 bridgehead atoms. The molecular weight excluding hydrogens is 414 g/mol. The van der Waals surface area contributed by atoms with Crippen LogP contribution in [-0.2, 0) is 11.3 Å². The Bertz CT molecular complexity index is 895. The molecule has 176 valence electrons. The van der Waals surface area contributed by atoms with Crippen molar-refractivity contribution in [2.24, 2.45) is 0 Å². The molecule has 1 amide bonds. The number of hydrogen-bond acceptors (Lipinski definition) is 6. The minimum Gasteiger partial charge on any atom is -0.392 e. The number of benzene rings is 1. The van der Waals surface area contributed by atoms with E-state index in [9.17, 15) is 9.90 Å². The fraction of sp³-hybridized carbons (Fsp3) is 0.538. The van der Waals surface area contributed by atoms with Crippen LogP contribution in [0.4, 0.5) is 5.82 Å². The number of rotatable bonds is 5. The molecule has 2 atom stereocenters. The van der Waals surface area contributed by atoms with Crippen molar-refractivity contribution in [3.63, 3.8) is 0 Å². The Balaban J connectivity index is 1.15. The van der Waals surface area contributed by atoms with Crippen LogP contribution in [0, 0.1) is 0 Å². The predicted octanol–water partition coefficient (Wildman–Crippen LogP) is 1.83. The van der Waals surface area contributed by atoms with Crippen LogP contribution in [0.25, 0.3) is 0 Å². The van der Waals surface area contributed by atoms with Crippen LogP contribution in [0.15, 0.2) is 54.7 Å². The van der Waals surface area contributed by atoms with Crippen LogP contribution in [0.5, 0.6) is 0 Å². The lowest BCUT2D eigenvalue weighted by Crippen LogP contribution is -2.56. The van der Waals surface area contributed by atoms with Gasteiger partial charge in [-0.05, 0) is 50.0 Å². The molecule has 0 aliphatic carbocycles. The smallest absolute Gasteiger partial charge is 0.240 e. The molecule has 3 aliphatic rings. The van der Waals surface area contributed by atoms with Gasteiger partial charge in [-0.2, -0.15) is 0 Å². The number of carbonyl (C=O) groups is 1. The van der Waals surface area contributed by atoms with Gasteiger partial charge in [0.2, 0.25) is 5.91 Å². The van der Waals surface area contributed by atoms with Gasteiger partial charge in [0.1, 0.15) is 5.82 Å². The summed E-state index contributed by atoms with van der Waals surface area (Å²) in [4.78, 5) is 27.0. The number of aliphatic hydroxyl groups is 1. The number of amides is 1. The Morgan fingerprint density at radius 1 is 0.939 bits per heavy atom. The molecule has 0 saturated carbocycles. The highest BCUT2D eigenvalue weighted by atomic mass is 16.3. The highest BCUT2D eigenvalue weighted by Gasteiger charge is 2.42. The summed E-state index contributed by atoms with van der Waals surface area (Å²) >= 11 is 0. The Morgan fingerprint density at radius 2 is 1.67 bits per heavy atom. The lowest BCUT2D eigenvalue weighted by atomic mass is 10.0. The van der Waals surface area contributed by atoms with Crippen LogP contribution in [0.3, 0.4) is 0 Å². The van der Waals surface area contributed by atoms with Gasteiger partial charge in [0.15, 0.2) is 0 Å². The third-order valence-corrected chi connectivity index (χ3v) is 7.44. The van der Waals surface area contributed by atoms with Crippen molar-refractivity contribution in [2.75, 3.05) is 50.7 Å². The Kier molecular flexibility index (Phi) is 6.90. The molecule has 2 aromatic rings. The molecule has 33 heavy (non-hydrogen) atoms. The SMILES string of the molecule is O=C([C@@H]1C[C@@H](O)CN1C1CCN(Cc2ccccc2)CC1)N1CCN(c2ccccn2)CC1. The molecule has 1 N–H and O–H groups in total. The third-order valence-electron chi connectivity index (χ3n) is 7.44. The van der Waals surface area contributed by atoms with Gasteiger partial charge >= 0.3 is 0 Å². The number of likely N-dealkylation sites (tertiary alicyclic amines) is 2. The zero-order valence-corrected chi connectivity index (χ0v) is 19.3. The van der Waals surface area contributed by atoms with Gasteiger partial charge in [-0.25, -0.2) is 4.98 Å². The number of anilines is 1. The minimum absolute atomic E-state index is 0.188. The van der Waals surface area contributed by atoms with Crippen LogP contribution < -0.4 is 4.90 Å². The second-order valence-electron chi connectivity index (χ2n) is 9.60. The number of piperazine rings is 1. The van der Waals surface area contributed by atoms with Gasteiger partial charge in [0, 0.05) is 51.5 Å². The molecule has 1 aromatic heterocycles. The molecule has 3 fully saturated rings. The molecule has 5 rings (SSSR count). The largest absolute Gasteiger partial charge is 0.392 e. The number of hydrogen-bond donors (Lipinski definition) is 1. The van der Waals surface area contributed by atoms with Crippen LogP contribution in [0.2, 0.25) is 0 Å². The van der Waals surface area contributed by atoms with Gasteiger partial charge in [0.05, 0.1) is 12.1 Å². The topological polar surface area (TPSA) is 63.2 Å². The number of carbonyl (C=O) groups excluding carboxylic acids is 1. The van der Waals surface area contributed by atoms with Crippen LogP contribution in [-0.4, -0.2) is 94.7 Å². The van der Waals surface area contributed by atoms with E-state index < -0.39 is 6.10 Å². The van der Waals surface area contributed by atoms with E-state index in [1.807, 2.05) is 29.3 Å². The van der Waals surface area contributed by atoms with Gasteiger partial charge in [-0.3, -0.25) is 14.6 Å². The fourth-order valence-electron chi connectivity index (χ4n) is 5.64. The minimum atomic E-state index is -0.406. The normalized spacial score (nSPS) is 25.5. The number of piperidine rings is 1. The van der Waals surface area contributed by atoms with Crippen molar-refractivity contribution >= 4 is 11.7 Å². The maximum atomic E-state index is 13.5. The number of nitrogens with zero attached hydrogens (tertiary/aromatic N) is 5. The average Bonchev–Trinajstić information content (AvgIpc) is 3.27.